The lowest BCUT2D eigenvalue weighted by atomic mass is 9.97. The highest BCUT2D eigenvalue weighted by atomic mass is 19.1. The molecule has 26 heavy (non-hydrogen) atoms. The van der Waals surface area contributed by atoms with E-state index in [0.29, 0.717) is 18.5 Å². The van der Waals surface area contributed by atoms with Crippen LogP contribution >= 0.6 is 0 Å². The van der Waals surface area contributed by atoms with Crippen LogP contribution in [-0.4, -0.2) is 23.1 Å². The van der Waals surface area contributed by atoms with E-state index >= 15 is 0 Å². The van der Waals surface area contributed by atoms with Crippen LogP contribution in [0, 0.1) is 12.7 Å². The van der Waals surface area contributed by atoms with Crippen molar-refractivity contribution in [1.29, 1.82) is 0 Å². The topological polar surface area (TPSA) is 49.8 Å². The molecular weight excluding hydrogens is 327 g/mol. The Bertz CT molecular complexity index is 757. The number of allylic oxidation sites excluding steroid dienone is 1. The van der Waals surface area contributed by atoms with E-state index in [1.807, 2.05) is 25.1 Å². The van der Waals surface area contributed by atoms with Gasteiger partial charge in [0.15, 0.2) is 0 Å². The van der Waals surface area contributed by atoms with Gasteiger partial charge >= 0.3 is 0 Å². The molecule has 0 fully saturated rings. The van der Waals surface area contributed by atoms with Gasteiger partial charge in [0.05, 0.1) is 0 Å². The maximum absolute atomic E-state index is 13.7. The van der Waals surface area contributed by atoms with Crippen molar-refractivity contribution in [2.24, 2.45) is 0 Å². The first-order chi connectivity index (χ1) is 12.7. The van der Waals surface area contributed by atoms with E-state index in [0.717, 1.165) is 30.4 Å². The van der Waals surface area contributed by atoms with Crippen LogP contribution in [0.25, 0.3) is 0 Å². The number of halogens is 1. The van der Waals surface area contributed by atoms with E-state index in [1.165, 1.54) is 31.7 Å². The van der Waals surface area contributed by atoms with Crippen LogP contribution in [0.15, 0.2) is 42.0 Å². The summed E-state index contributed by atoms with van der Waals surface area (Å²) in [6.45, 7) is 3.40. The Kier molecular flexibility index (Phi) is 6.58. The predicted octanol–water partition coefficient (Wildman–Crippen LogP) is 4.88. The van der Waals surface area contributed by atoms with Crippen LogP contribution < -0.4 is 10.6 Å². The Hall–Kier alpha value is -2.43. The molecule has 1 aromatic heterocycles. The number of benzene rings is 1. The summed E-state index contributed by atoms with van der Waals surface area (Å²) < 4.78 is 13.7. The van der Waals surface area contributed by atoms with Crippen molar-refractivity contribution in [2.75, 3.05) is 23.7 Å². The molecule has 4 nitrogen and oxygen atoms in total. The average Bonchev–Trinajstić information content (AvgIpc) is 2.64. The zero-order valence-electron chi connectivity index (χ0n) is 15.4. The van der Waals surface area contributed by atoms with Crippen molar-refractivity contribution < 1.29 is 4.39 Å². The lowest BCUT2D eigenvalue weighted by molar-refractivity contribution is 0.610. The SMILES string of the molecule is Cc1nc(NCCC2=CCCCC2)cc(NCCc2ccccc2F)n1. The van der Waals surface area contributed by atoms with Gasteiger partial charge in [-0.25, -0.2) is 14.4 Å². The number of hydrogen-bond donors (Lipinski definition) is 2. The lowest BCUT2D eigenvalue weighted by Gasteiger charge is -2.14. The molecule has 0 atom stereocenters. The van der Waals surface area contributed by atoms with Gasteiger partial charge in [0.25, 0.3) is 0 Å². The molecule has 0 spiro atoms. The minimum absolute atomic E-state index is 0.160. The minimum Gasteiger partial charge on any atom is -0.370 e. The standard InChI is InChI=1S/C21H27FN4/c1-16-25-20(23-13-11-17-7-3-2-4-8-17)15-21(26-16)24-14-12-18-9-5-6-10-19(18)22/h5-7,9-10,15H,2-4,8,11-14H2,1H3,(H2,23,24,25,26). The van der Waals surface area contributed by atoms with E-state index in [-0.39, 0.29) is 5.82 Å². The molecule has 0 radical (unpaired) electrons. The number of anilines is 2. The monoisotopic (exact) mass is 354 g/mol. The maximum Gasteiger partial charge on any atom is 0.131 e. The highest BCUT2D eigenvalue weighted by Crippen LogP contribution is 2.20. The van der Waals surface area contributed by atoms with Crippen molar-refractivity contribution in [2.45, 2.75) is 45.4 Å². The number of rotatable bonds is 8. The Morgan fingerprint density at radius 3 is 2.42 bits per heavy atom. The fourth-order valence-electron chi connectivity index (χ4n) is 3.26. The van der Waals surface area contributed by atoms with Crippen LogP contribution in [0.3, 0.4) is 0 Å². The first-order valence-corrected chi connectivity index (χ1v) is 9.45. The molecular formula is C21H27FN4. The summed E-state index contributed by atoms with van der Waals surface area (Å²) in [6.07, 6.45) is 9.15. The summed E-state index contributed by atoms with van der Waals surface area (Å²) in [5.74, 6) is 2.17. The first kappa shape index (κ1) is 18.4. The fraction of sp³-hybridized carbons (Fsp3) is 0.429. The van der Waals surface area contributed by atoms with Crippen LogP contribution in [0.5, 0.6) is 0 Å². The van der Waals surface area contributed by atoms with Crippen LogP contribution in [0.2, 0.25) is 0 Å². The molecule has 0 saturated heterocycles. The third-order valence-corrected chi connectivity index (χ3v) is 4.63. The van der Waals surface area contributed by atoms with E-state index in [9.17, 15) is 4.39 Å². The molecule has 1 heterocycles. The Labute approximate surface area is 155 Å². The lowest BCUT2D eigenvalue weighted by Crippen LogP contribution is -2.11. The van der Waals surface area contributed by atoms with Crippen molar-refractivity contribution >= 4 is 11.6 Å². The molecule has 0 unspecified atom stereocenters. The number of aryl methyl sites for hydroxylation is 1. The molecule has 0 aliphatic heterocycles. The van der Waals surface area contributed by atoms with Crippen LogP contribution in [0.4, 0.5) is 16.0 Å². The van der Waals surface area contributed by atoms with E-state index in [1.54, 1.807) is 11.6 Å². The molecule has 2 aromatic rings. The van der Waals surface area contributed by atoms with Crippen molar-refractivity contribution in [3.8, 4) is 0 Å². The van der Waals surface area contributed by atoms with Gasteiger partial charge < -0.3 is 10.6 Å². The molecule has 1 aliphatic carbocycles. The molecule has 3 rings (SSSR count). The van der Waals surface area contributed by atoms with Crippen molar-refractivity contribution in [3.05, 3.63) is 59.2 Å². The van der Waals surface area contributed by atoms with Gasteiger partial charge in [-0.3, -0.25) is 0 Å². The molecule has 2 N–H and O–H groups in total. The normalized spacial score (nSPS) is 14.0. The van der Waals surface area contributed by atoms with Gasteiger partial charge in [0.1, 0.15) is 23.3 Å². The van der Waals surface area contributed by atoms with Gasteiger partial charge in [0.2, 0.25) is 0 Å². The fourth-order valence-corrected chi connectivity index (χ4v) is 3.26. The Morgan fingerprint density at radius 1 is 1.00 bits per heavy atom. The molecule has 1 aromatic carbocycles. The second-order valence-electron chi connectivity index (χ2n) is 6.74. The molecule has 0 bridgehead atoms. The van der Waals surface area contributed by atoms with Gasteiger partial charge in [-0.1, -0.05) is 29.8 Å². The summed E-state index contributed by atoms with van der Waals surface area (Å²) in [5, 5.41) is 6.67. The van der Waals surface area contributed by atoms with Crippen molar-refractivity contribution in [3.63, 3.8) is 0 Å². The average molecular weight is 354 g/mol. The first-order valence-electron chi connectivity index (χ1n) is 9.45. The summed E-state index contributed by atoms with van der Waals surface area (Å²) in [4.78, 5) is 8.87. The van der Waals surface area contributed by atoms with Crippen molar-refractivity contribution in [1.82, 2.24) is 9.97 Å². The Balaban J connectivity index is 1.50. The minimum atomic E-state index is -0.160. The Morgan fingerprint density at radius 2 is 1.73 bits per heavy atom. The second kappa shape index (κ2) is 9.32. The quantitative estimate of drug-likeness (QED) is 0.663. The van der Waals surface area contributed by atoms with Crippen LogP contribution in [-0.2, 0) is 6.42 Å². The number of nitrogens with one attached hydrogen (secondary N) is 2. The van der Waals surface area contributed by atoms with Gasteiger partial charge in [-0.05, 0) is 57.1 Å². The summed E-state index contributed by atoms with van der Waals surface area (Å²) in [6, 6.07) is 8.80. The summed E-state index contributed by atoms with van der Waals surface area (Å²) in [7, 11) is 0. The third-order valence-electron chi connectivity index (χ3n) is 4.63. The highest BCUT2D eigenvalue weighted by Gasteiger charge is 2.06. The second-order valence-corrected chi connectivity index (χ2v) is 6.74. The zero-order chi connectivity index (χ0) is 18.2. The predicted molar refractivity (Wildman–Crippen MR) is 105 cm³/mol. The summed E-state index contributed by atoms with van der Waals surface area (Å²) in [5.41, 5.74) is 2.27. The van der Waals surface area contributed by atoms with Gasteiger partial charge in [0, 0.05) is 19.2 Å². The summed E-state index contributed by atoms with van der Waals surface area (Å²) >= 11 is 0. The smallest absolute Gasteiger partial charge is 0.131 e. The highest BCUT2D eigenvalue weighted by molar-refractivity contribution is 5.47. The number of hydrogen-bond acceptors (Lipinski definition) is 4. The maximum atomic E-state index is 13.7. The number of nitrogens with zero attached hydrogens (tertiary/aromatic N) is 2. The molecule has 1 aliphatic rings. The molecule has 0 amide bonds. The third kappa shape index (κ3) is 5.55. The zero-order valence-corrected chi connectivity index (χ0v) is 15.4. The van der Waals surface area contributed by atoms with E-state index in [2.05, 4.69) is 26.7 Å². The van der Waals surface area contributed by atoms with E-state index < -0.39 is 0 Å². The van der Waals surface area contributed by atoms with Gasteiger partial charge in [-0.2, -0.15) is 0 Å². The largest absolute Gasteiger partial charge is 0.370 e. The molecule has 5 heteroatoms. The van der Waals surface area contributed by atoms with Crippen LogP contribution in [0.1, 0.15) is 43.5 Å². The molecule has 138 valence electrons. The van der Waals surface area contributed by atoms with E-state index in [4.69, 9.17) is 0 Å². The van der Waals surface area contributed by atoms with Gasteiger partial charge in [-0.15, -0.1) is 0 Å². The number of aromatic nitrogens is 2. The molecule has 0 saturated carbocycles.